The summed E-state index contributed by atoms with van der Waals surface area (Å²) in [5.74, 6) is 0.333. The molecule has 20 heteroatoms. The molecule has 16 N–H and O–H groups in total. The van der Waals surface area contributed by atoms with E-state index in [-0.39, 0.29) is 37.1 Å². The number of aromatic nitrogens is 2. The molecular formula is C21H38N16O4. The van der Waals surface area contributed by atoms with Crippen molar-refractivity contribution in [2.24, 2.45) is 65.3 Å². The molecule has 2 atom stereocenters. The van der Waals surface area contributed by atoms with Crippen molar-refractivity contribution in [3.05, 3.63) is 18.2 Å². The molecule has 0 aliphatic carbocycles. The van der Waals surface area contributed by atoms with Gasteiger partial charge < -0.3 is 60.1 Å². The standard InChI is InChI=1S/C8H16N4O2.C7H12N6O.C6H10N6O/c1-5-2-3-14-6(5)4-11-8(13)12-7(9)10;1-7(11-2-3-12-7)4-10-6(14)13-5(8)9;7-5(8)12-6(13)11-3-4-9-1-2-10-4/h5-6H,2-4H2,1H3,(H5,9,10,11,12,13);2-3H,4H2,1H3,(H5,8,9,10,13,14);1-2H,3H2,(H,9,10)(H5,7,8,11,12,13). The van der Waals surface area contributed by atoms with E-state index in [1.54, 1.807) is 31.7 Å². The quantitative estimate of drug-likeness (QED) is 0.121. The van der Waals surface area contributed by atoms with Gasteiger partial charge in [0.15, 0.2) is 23.5 Å². The van der Waals surface area contributed by atoms with Gasteiger partial charge in [-0.15, -0.1) is 0 Å². The van der Waals surface area contributed by atoms with E-state index < -0.39 is 23.8 Å². The van der Waals surface area contributed by atoms with Gasteiger partial charge in [0.1, 0.15) is 5.82 Å². The molecule has 2 aliphatic heterocycles. The summed E-state index contributed by atoms with van der Waals surface area (Å²) in [6, 6.07) is -1.70. The Morgan fingerprint density at radius 1 is 0.951 bits per heavy atom. The van der Waals surface area contributed by atoms with Crippen molar-refractivity contribution < 1.29 is 19.1 Å². The number of aliphatic imine (C=N–C) groups is 5. The van der Waals surface area contributed by atoms with Gasteiger partial charge in [0.2, 0.25) is 0 Å². The molecule has 20 nitrogen and oxygen atoms in total. The van der Waals surface area contributed by atoms with Crippen molar-refractivity contribution in [1.82, 2.24) is 25.9 Å². The fourth-order valence-electron chi connectivity index (χ4n) is 2.98. The molecule has 0 radical (unpaired) electrons. The monoisotopic (exact) mass is 578 g/mol. The van der Waals surface area contributed by atoms with E-state index in [0.717, 1.165) is 13.0 Å². The Bertz CT molecular complexity index is 1120. The van der Waals surface area contributed by atoms with Crippen LogP contribution in [0.5, 0.6) is 0 Å². The summed E-state index contributed by atoms with van der Waals surface area (Å²) in [7, 11) is 0. The third-order valence-corrected chi connectivity index (χ3v) is 4.99. The summed E-state index contributed by atoms with van der Waals surface area (Å²) in [5.41, 5.74) is 29.5. The molecule has 1 aromatic heterocycles. The SMILES string of the molecule is CC1(CNC(=O)N=C(N)N)N=CC=N1.CC1CCOC1CNC(=O)N=C(N)N.NC(N)=NC(=O)NCc1ncc[nH]1. The maximum Gasteiger partial charge on any atom is 0.344 e. The number of imidazole rings is 1. The summed E-state index contributed by atoms with van der Waals surface area (Å²) >= 11 is 0. The van der Waals surface area contributed by atoms with Crippen LogP contribution in [-0.2, 0) is 11.3 Å². The average Bonchev–Trinajstić information content (AvgIpc) is 3.63. The number of amides is 6. The Labute approximate surface area is 235 Å². The maximum atomic E-state index is 11.0. The zero-order valence-corrected chi connectivity index (χ0v) is 22.8. The van der Waals surface area contributed by atoms with Crippen LogP contribution in [0.2, 0.25) is 0 Å². The molecule has 6 amide bonds. The molecule has 2 aliphatic rings. The largest absolute Gasteiger partial charge is 0.376 e. The van der Waals surface area contributed by atoms with Crippen LogP contribution < -0.4 is 50.4 Å². The van der Waals surface area contributed by atoms with Gasteiger partial charge in [-0.3, -0.25) is 9.98 Å². The average molecular weight is 579 g/mol. The lowest BCUT2D eigenvalue weighted by Crippen LogP contribution is -2.37. The molecule has 3 rings (SSSR count). The van der Waals surface area contributed by atoms with E-state index in [0.29, 0.717) is 18.3 Å². The first-order valence-corrected chi connectivity index (χ1v) is 12.1. The minimum Gasteiger partial charge on any atom is -0.376 e. The molecule has 1 aromatic rings. The van der Waals surface area contributed by atoms with E-state index in [1.807, 2.05) is 0 Å². The zero-order valence-electron chi connectivity index (χ0n) is 22.8. The lowest BCUT2D eigenvalue weighted by atomic mass is 10.0. The smallest absolute Gasteiger partial charge is 0.344 e. The molecular weight excluding hydrogens is 540 g/mol. The van der Waals surface area contributed by atoms with Gasteiger partial charge >= 0.3 is 18.1 Å². The predicted octanol–water partition coefficient (Wildman–Crippen LogP) is -2.87. The van der Waals surface area contributed by atoms with Crippen LogP contribution in [0.25, 0.3) is 0 Å². The summed E-state index contributed by atoms with van der Waals surface area (Å²) in [5, 5.41) is 7.49. The van der Waals surface area contributed by atoms with Gasteiger partial charge in [0.25, 0.3) is 0 Å². The lowest BCUT2D eigenvalue weighted by molar-refractivity contribution is 0.0953. The molecule has 41 heavy (non-hydrogen) atoms. The Kier molecular flexibility index (Phi) is 14.3. The summed E-state index contributed by atoms with van der Waals surface area (Å²) in [6.07, 6.45) is 7.50. The number of nitrogens with one attached hydrogen (secondary N) is 4. The highest BCUT2D eigenvalue weighted by Crippen LogP contribution is 2.19. The minimum atomic E-state index is -0.630. The highest BCUT2D eigenvalue weighted by molar-refractivity contribution is 6.17. The number of ether oxygens (including phenoxy) is 1. The second-order valence-corrected chi connectivity index (χ2v) is 8.60. The molecule has 0 bridgehead atoms. The van der Waals surface area contributed by atoms with E-state index in [1.165, 1.54) is 0 Å². The van der Waals surface area contributed by atoms with Crippen LogP contribution >= 0.6 is 0 Å². The minimum absolute atomic E-state index is 0.0770. The second kappa shape index (κ2) is 17.3. The molecule has 2 unspecified atom stereocenters. The first-order valence-electron chi connectivity index (χ1n) is 12.1. The van der Waals surface area contributed by atoms with Crippen molar-refractivity contribution in [3.63, 3.8) is 0 Å². The Hall–Kier alpha value is -5.27. The predicted molar refractivity (Wildman–Crippen MR) is 154 cm³/mol. The van der Waals surface area contributed by atoms with Crippen molar-refractivity contribution in [2.75, 3.05) is 19.7 Å². The van der Waals surface area contributed by atoms with Crippen molar-refractivity contribution in [3.8, 4) is 0 Å². The number of carbonyl (C=O) groups excluding carboxylic acids is 3. The van der Waals surface area contributed by atoms with Crippen molar-refractivity contribution in [1.29, 1.82) is 0 Å². The maximum absolute atomic E-state index is 11.0. The fraction of sp³-hybridized carbons (Fsp3) is 0.476. The number of H-pyrrole nitrogens is 1. The first-order chi connectivity index (χ1) is 19.3. The van der Waals surface area contributed by atoms with E-state index >= 15 is 0 Å². The Morgan fingerprint density at radius 3 is 1.95 bits per heavy atom. The van der Waals surface area contributed by atoms with E-state index in [4.69, 9.17) is 39.1 Å². The molecule has 0 spiro atoms. The number of urea groups is 3. The second-order valence-electron chi connectivity index (χ2n) is 8.60. The van der Waals surface area contributed by atoms with Gasteiger partial charge in [0.05, 0.1) is 19.2 Å². The summed E-state index contributed by atoms with van der Waals surface area (Å²) in [4.78, 5) is 57.5. The number of hydrogen-bond acceptors (Lipinski definition) is 7. The third kappa shape index (κ3) is 15.7. The highest BCUT2D eigenvalue weighted by atomic mass is 16.5. The van der Waals surface area contributed by atoms with Gasteiger partial charge in [0, 0.05) is 38.0 Å². The number of nitrogens with zero attached hydrogens (tertiary/aromatic N) is 6. The van der Waals surface area contributed by atoms with Crippen LogP contribution in [0.15, 0.2) is 37.4 Å². The van der Waals surface area contributed by atoms with Crippen LogP contribution in [0.1, 0.15) is 26.1 Å². The normalized spacial score (nSPS) is 17.4. The van der Waals surface area contributed by atoms with Crippen LogP contribution in [0, 0.1) is 5.92 Å². The van der Waals surface area contributed by atoms with Gasteiger partial charge in [-0.1, -0.05) is 6.92 Å². The summed E-state index contributed by atoms with van der Waals surface area (Å²) in [6.45, 7) is 5.60. The van der Waals surface area contributed by atoms with Crippen LogP contribution in [0.4, 0.5) is 14.4 Å². The van der Waals surface area contributed by atoms with Gasteiger partial charge in [-0.05, 0) is 19.3 Å². The Morgan fingerprint density at radius 2 is 1.49 bits per heavy atom. The fourth-order valence-corrected chi connectivity index (χ4v) is 2.98. The van der Waals surface area contributed by atoms with Crippen molar-refractivity contribution >= 4 is 48.4 Å². The molecule has 0 aromatic carbocycles. The number of carbonyl (C=O) groups is 3. The molecule has 0 saturated carbocycles. The van der Waals surface area contributed by atoms with Gasteiger partial charge in [-0.2, -0.15) is 15.0 Å². The topological polar surface area (TPSA) is 343 Å². The van der Waals surface area contributed by atoms with E-state index in [2.05, 4.69) is 57.8 Å². The number of nitrogens with two attached hydrogens (primary N) is 6. The molecule has 1 saturated heterocycles. The molecule has 3 heterocycles. The number of guanidine groups is 3. The lowest BCUT2D eigenvalue weighted by Gasteiger charge is -2.16. The van der Waals surface area contributed by atoms with Crippen molar-refractivity contribution in [2.45, 2.75) is 38.6 Å². The molecule has 226 valence electrons. The summed E-state index contributed by atoms with van der Waals surface area (Å²) < 4.78 is 5.39. The number of aromatic amines is 1. The first kappa shape index (κ1) is 33.8. The molecule has 1 fully saturated rings. The zero-order chi connectivity index (χ0) is 30.8. The highest BCUT2D eigenvalue weighted by Gasteiger charge is 2.24. The van der Waals surface area contributed by atoms with Gasteiger partial charge in [-0.25, -0.2) is 19.4 Å². The van der Waals surface area contributed by atoms with E-state index in [9.17, 15) is 14.4 Å². The van der Waals surface area contributed by atoms with Crippen LogP contribution in [-0.4, -0.2) is 89.8 Å². The number of rotatable bonds is 6. The Balaban J connectivity index is 0.000000308. The third-order valence-electron chi connectivity index (χ3n) is 4.99. The van der Waals surface area contributed by atoms with Crippen LogP contribution in [0.3, 0.4) is 0 Å². The number of hydrogen-bond donors (Lipinski definition) is 10.